The molecule has 0 saturated heterocycles. The second kappa shape index (κ2) is 5.73. The summed E-state index contributed by atoms with van der Waals surface area (Å²) in [5, 5.41) is 13.4. The molecule has 3 aromatic rings. The Hall–Kier alpha value is -1.86. The number of rotatable bonds is 6. The van der Waals surface area contributed by atoms with E-state index >= 15 is 0 Å². The Morgan fingerprint density at radius 3 is 3.09 bits per heavy atom. The zero-order valence-electron chi connectivity index (χ0n) is 11.7. The summed E-state index contributed by atoms with van der Waals surface area (Å²) < 4.78 is 0.830. The van der Waals surface area contributed by atoms with Crippen molar-refractivity contribution in [3.05, 3.63) is 36.0 Å². The number of aromatic nitrogens is 3. The number of thioether (sulfide) groups is 1. The van der Waals surface area contributed by atoms with Crippen LogP contribution in [0, 0.1) is 0 Å². The molecule has 1 saturated carbocycles. The van der Waals surface area contributed by atoms with Gasteiger partial charge in [-0.3, -0.25) is 4.79 Å². The molecule has 4 rings (SSSR count). The fraction of sp³-hybridized carbons (Fsp3) is 0.267. The van der Waals surface area contributed by atoms with Crippen LogP contribution in [0.15, 0.2) is 34.8 Å². The number of carbonyl (C=O) groups excluding carboxylic acids is 1. The van der Waals surface area contributed by atoms with Crippen LogP contribution in [-0.2, 0) is 0 Å². The average Bonchev–Trinajstić information content (AvgIpc) is 3.07. The number of benzene rings is 1. The molecular formula is C15H14N4OS2. The fourth-order valence-electron chi connectivity index (χ4n) is 2.24. The number of hydrogen-bond acceptors (Lipinski definition) is 6. The number of aromatic amines is 1. The lowest BCUT2D eigenvalue weighted by Gasteiger charge is -1.97. The number of Topliss-reactive ketones (excluding diaryl/α,β-unsaturated/α-hetero) is 1. The van der Waals surface area contributed by atoms with E-state index in [0.717, 1.165) is 25.9 Å². The van der Waals surface area contributed by atoms with Crippen molar-refractivity contribution in [2.75, 3.05) is 11.1 Å². The molecule has 112 valence electrons. The van der Waals surface area contributed by atoms with Crippen molar-refractivity contribution in [2.45, 2.75) is 23.2 Å². The highest BCUT2D eigenvalue weighted by atomic mass is 32.2. The predicted octanol–water partition coefficient (Wildman–Crippen LogP) is 3.57. The summed E-state index contributed by atoms with van der Waals surface area (Å²) in [6, 6.07) is 8.41. The summed E-state index contributed by atoms with van der Waals surface area (Å²) in [7, 11) is 0. The number of nitrogens with zero attached hydrogens (tertiary/aromatic N) is 2. The normalized spacial score (nSPS) is 14.4. The van der Waals surface area contributed by atoms with Gasteiger partial charge in [0.25, 0.3) is 0 Å². The van der Waals surface area contributed by atoms with E-state index in [1.165, 1.54) is 35.9 Å². The molecule has 0 bridgehead atoms. The van der Waals surface area contributed by atoms with Crippen molar-refractivity contribution in [3.63, 3.8) is 0 Å². The number of carbonyl (C=O) groups is 1. The molecule has 1 aliphatic rings. The summed E-state index contributed by atoms with van der Waals surface area (Å²) in [5.41, 5.74) is 1.73. The van der Waals surface area contributed by atoms with Gasteiger partial charge in [-0.15, -0.1) is 10.2 Å². The first-order valence-corrected chi connectivity index (χ1v) is 8.92. The minimum atomic E-state index is 0.106. The molecule has 5 nitrogen and oxygen atoms in total. The first-order valence-electron chi connectivity index (χ1n) is 7.12. The minimum absolute atomic E-state index is 0.106. The van der Waals surface area contributed by atoms with E-state index in [2.05, 4.69) is 20.5 Å². The van der Waals surface area contributed by atoms with Crippen LogP contribution in [0.4, 0.5) is 5.13 Å². The highest BCUT2D eigenvalue weighted by molar-refractivity contribution is 8.01. The molecule has 2 N–H and O–H groups in total. The van der Waals surface area contributed by atoms with Crippen molar-refractivity contribution in [2.24, 2.45) is 0 Å². The van der Waals surface area contributed by atoms with E-state index in [1.54, 1.807) is 6.20 Å². The van der Waals surface area contributed by atoms with Crippen molar-refractivity contribution < 1.29 is 4.79 Å². The van der Waals surface area contributed by atoms with Gasteiger partial charge in [0.2, 0.25) is 5.13 Å². The third-order valence-electron chi connectivity index (χ3n) is 3.53. The van der Waals surface area contributed by atoms with E-state index in [1.807, 2.05) is 24.3 Å². The van der Waals surface area contributed by atoms with Crippen LogP contribution in [0.5, 0.6) is 0 Å². The number of anilines is 1. The maximum atomic E-state index is 12.4. The van der Waals surface area contributed by atoms with Gasteiger partial charge in [-0.1, -0.05) is 41.3 Å². The molecule has 2 heterocycles. The summed E-state index contributed by atoms with van der Waals surface area (Å²) in [6.45, 7) is 0. The van der Waals surface area contributed by atoms with Crippen molar-refractivity contribution in [1.82, 2.24) is 15.2 Å². The van der Waals surface area contributed by atoms with Crippen molar-refractivity contribution >= 4 is 44.9 Å². The molecule has 0 radical (unpaired) electrons. The summed E-state index contributed by atoms with van der Waals surface area (Å²) in [6.07, 6.45) is 4.20. The highest BCUT2D eigenvalue weighted by Gasteiger charge is 2.22. The smallest absolute Gasteiger partial charge is 0.206 e. The standard InChI is InChI=1S/C15H14N4OS2/c20-13(11-7-16-12-4-2-1-3-10(11)12)8-21-15-19-18-14(22-15)17-9-5-6-9/h1-4,7,9,16H,5-6,8H2,(H,17,18). The Morgan fingerprint density at radius 2 is 2.23 bits per heavy atom. The average molecular weight is 330 g/mol. The fourth-order valence-corrected chi connectivity index (χ4v) is 3.95. The first-order chi connectivity index (χ1) is 10.8. The molecule has 0 amide bonds. The molecule has 7 heteroatoms. The van der Waals surface area contributed by atoms with E-state index in [4.69, 9.17) is 0 Å². The van der Waals surface area contributed by atoms with Crippen molar-refractivity contribution in [3.8, 4) is 0 Å². The third kappa shape index (κ3) is 2.86. The number of hydrogen-bond donors (Lipinski definition) is 2. The molecular weight excluding hydrogens is 316 g/mol. The zero-order valence-corrected chi connectivity index (χ0v) is 13.3. The Morgan fingerprint density at radius 1 is 1.36 bits per heavy atom. The molecule has 2 aromatic heterocycles. The first kappa shape index (κ1) is 13.8. The maximum Gasteiger partial charge on any atom is 0.206 e. The Labute approximate surface area is 135 Å². The molecule has 1 aromatic carbocycles. The van der Waals surface area contributed by atoms with Gasteiger partial charge in [0, 0.05) is 28.7 Å². The van der Waals surface area contributed by atoms with Crippen LogP contribution in [0.25, 0.3) is 10.9 Å². The second-order valence-electron chi connectivity index (χ2n) is 5.25. The van der Waals surface area contributed by atoms with Gasteiger partial charge < -0.3 is 10.3 Å². The number of ketones is 1. The molecule has 1 fully saturated rings. The van der Waals surface area contributed by atoms with Gasteiger partial charge in [-0.05, 0) is 18.9 Å². The van der Waals surface area contributed by atoms with Gasteiger partial charge in [0.1, 0.15) is 0 Å². The van der Waals surface area contributed by atoms with E-state index in [-0.39, 0.29) is 5.78 Å². The Kier molecular flexibility index (Phi) is 3.59. The Balaban J connectivity index is 1.42. The van der Waals surface area contributed by atoms with Crippen LogP contribution in [0.3, 0.4) is 0 Å². The number of nitrogens with one attached hydrogen (secondary N) is 2. The molecule has 0 atom stereocenters. The van der Waals surface area contributed by atoms with Gasteiger partial charge in [-0.25, -0.2) is 0 Å². The van der Waals surface area contributed by atoms with Gasteiger partial charge in [0.15, 0.2) is 10.1 Å². The lowest BCUT2D eigenvalue weighted by molar-refractivity contribution is 0.102. The zero-order chi connectivity index (χ0) is 14.9. The largest absolute Gasteiger partial charge is 0.360 e. The van der Waals surface area contributed by atoms with Crippen LogP contribution >= 0.6 is 23.1 Å². The Bertz CT molecular complexity index is 822. The number of fused-ring (bicyclic) bond motifs is 1. The quantitative estimate of drug-likeness (QED) is 0.534. The van der Waals surface area contributed by atoms with Gasteiger partial charge in [-0.2, -0.15) is 0 Å². The lowest BCUT2D eigenvalue weighted by Crippen LogP contribution is -2.01. The lowest BCUT2D eigenvalue weighted by atomic mass is 10.1. The molecule has 1 aliphatic carbocycles. The maximum absolute atomic E-state index is 12.4. The minimum Gasteiger partial charge on any atom is -0.360 e. The third-order valence-corrected chi connectivity index (χ3v) is 5.52. The van der Waals surface area contributed by atoms with Gasteiger partial charge >= 0.3 is 0 Å². The van der Waals surface area contributed by atoms with Crippen LogP contribution < -0.4 is 5.32 Å². The van der Waals surface area contributed by atoms with Crippen LogP contribution in [-0.4, -0.2) is 32.8 Å². The van der Waals surface area contributed by atoms with E-state index in [0.29, 0.717) is 11.8 Å². The molecule has 0 aliphatic heterocycles. The monoisotopic (exact) mass is 330 g/mol. The van der Waals surface area contributed by atoms with Gasteiger partial charge in [0.05, 0.1) is 5.75 Å². The number of para-hydroxylation sites is 1. The molecule has 22 heavy (non-hydrogen) atoms. The van der Waals surface area contributed by atoms with E-state index in [9.17, 15) is 4.79 Å². The van der Waals surface area contributed by atoms with Crippen LogP contribution in [0.1, 0.15) is 23.2 Å². The molecule has 0 spiro atoms. The summed E-state index contributed by atoms with van der Waals surface area (Å²) >= 11 is 2.96. The highest BCUT2D eigenvalue weighted by Crippen LogP contribution is 2.30. The van der Waals surface area contributed by atoms with Crippen molar-refractivity contribution in [1.29, 1.82) is 0 Å². The summed E-state index contributed by atoms with van der Waals surface area (Å²) in [4.78, 5) is 15.5. The van der Waals surface area contributed by atoms with E-state index < -0.39 is 0 Å². The molecule has 0 unspecified atom stereocenters. The second-order valence-corrected chi connectivity index (χ2v) is 7.45. The summed E-state index contributed by atoms with van der Waals surface area (Å²) in [5.74, 6) is 0.481. The topological polar surface area (TPSA) is 70.7 Å². The van der Waals surface area contributed by atoms with Crippen LogP contribution in [0.2, 0.25) is 0 Å². The predicted molar refractivity (Wildman–Crippen MR) is 89.9 cm³/mol. The number of H-pyrrole nitrogens is 1. The SMILES string of the molecule is O=C(CSc1nnc(NC2CC2)s1)c1c[nH]c2ccccc12.